The lowest BCUT2D eigenvalue weighted by Crippen LogP contribution is -2.18. The van der Waals surface area contributed by atoms with Crippen LogP contribution >= 0.6 is 0 Å². The number of hydrogen-bond donors (Lipinski definition) is 0. The first-order valence-electron chi connectivity index (χ1n) is 5.79. The summed E-state index contributed by atoms with van der Waals surface area (Å²) in [6.45, 7) is 1.41. The van der Waals surface area contributed by atoms with Crippen LogP contribution in [-0.4, -0.2) is 24.7 Å². The number of carbonyl (C=O) groups is 1. The second kappa shape index (κ2) is 6.68. The van der Waals surface area contributed by atoms with Crippen LogP contribution in [0.25, 0.3) is 0 Å². The number of hydrogen-bond acceptors (Lipinski definition) is 4. The number of nitrogens with zero attached hydrogens (tertiary/aromatic N) is 1. The average molecular weight is 313 g/mol. The van der Waals surface area contributed by atoms with Crippen LogP contribution in [0.3, 0.4) is 0 Å². The van der Waals surface area contributed by atoms with Crippen molar-refractivity contribution in [3.05, 3.63) is 23.0 Å². The molecule has 1 aromatic rings. The Morgan fingerprint density at radius 1 is 1.38 bits per heavy atom. The van der Waals surface area contributed by atoms with Crippen molar-refractivity contribution in [1.29, 1.82) is 0 Å². The van der Waals surface area contributed by atoms with Crippen molar-refractivity contribution >= 4 is 5.97 Å². The molecule has 0 saturated carbocycles. The third-order valence-corrected chi connectivity index (χ3v) is 2.42. The molecule has 0 aliphatic rings. The van der Waals surface area contributed by atoms with Gasteiger partial charge in [-0.25, -0.2) is 8.78 Å². The summed E-state index contributed by atoms with van der Waals surface area (Å²) in [5.41, 5.74) is -3.11. The van der Waals surface area contributed by atoms with E-state index in [1.807, 2.05) is 0 Å². The molecule has 0 N–H and O–H groups in total. The van der Waals surface area contributed by atoms with Gasteiger partial charge < -0.3 is 9.47 Å². The fourth-order valence-corrected chi connectivity index (χ4v) is 1.65. The molecule has 1 aromatic heterocycles. The molecule has 0 fully saturated rings. The van der Waals surface area contributed by atoms with Gasteiger partial charge in [0.15, 0.2) is 0 Å². The molecule has 0 aliphatic heterocycles. The van der Waals surface area contributed by atoms with Crippen molar-refractivity contribution in [2.75, 3.05) is 13.7 Å². The summed E-state index contributed by atoms with van der Waals surface area (Å²) in [6, 6.07) is 0.502. The second-order valence-corrected chi connectivity index (χ2v) is 3.85. The zero-order valence-corrected chi connectivity index (χ0v) is 11.1. The summed E-state index contributed by atoms with van der Waals surface area (Å²) >= 11 is 0. The van der Waals surface area contributed by atoms with E-state index in [4.69, 9.17) is 0 Å². The van der Waals surface area contributed by atoms with Gasteiger partial charge in [0.05, 0.1) is 25.8 Å². The molecule has 118 valence electrons. The van der Waals surface area contributed by atoms with Crippen LogP contribution in [-0.2, 0) is 22.1 Å². The van der Waals surface area contributed by atoms with Crippen molar-refractivity contribution in [2.45, 2.75) is 25.9 Å². The first-order chi connectivity index (χ1) is 9.70. The molecule has 21 heavy (non-hydrogen) atoms. The Hall–Kier alpha value is -1.93. The zero-order valence-electron chi connectivity index (χ0n) is 11.1. The summed E-state index contributed by atoms with van der Waals surface area (Å²) in [5, 5.41) is 0. The highest BCUT2D eigenvalue weighted by molar-refractivity contribution is 5.73. The highest BCUT2D eigenvalue weighted by Gasteiger charge is 2.39. The first kappa shape index (κ1) is 17.1. The van der Waals surface area contributed by atoms with Gasteiger partial charge in [-0.3, -0.25) is 9.78 Å². The molecule has 0 aliphatic carbocycles. The Labute approximate surface area is 116 Å². The maximum atomic E-state index is 13.0. The lowest BCUT2D eigenvalue weighted by molar-refractivity contribution is -0.144. The number of halogens is 5. The van der Waals surface area contributed by atoms with Gasteiger partial charge in [0.2, 0.25) is 0 Å². The molecule has 0 saturated heterocycles. The summed E-state index contributed by atoms with van der Waals surface area (Å²) in [5.74, 6) is -1.81. The van der Waals surface area contributed by atoms with Gasteiger partial charge in [-0.1, -0.05) is 0 Å². The quantitative estimate of drug-likeness (QED) is 0.619. The van der Waals surface area contributed by atoms with Crippen LogP contribution in [0, 0.1) is 0 Å². The van der Waals surface area contributed by atoms with Gasteiger partial charge in [-0.2, -0.15) is 13.2 Å². The van der Waals surface area contributed by atoms with E-state index in [9.17, 15) is 26.7 Å². The van der Waals surface area contributed by atoms with Crippen LogP contribution in [0.1, 0.15) is 30.3 Å². The molecule has 0 unspecified atom stereocenters. The minimum Gasteiger partial charge on any atom is -0.496 e. The number of methoxy groups -OCH3 is 1. The normalized spacial score (nSPS) is 11.6. The Bertz CT molecular complexity index is 516. The summed E-state index contributed by atoms with van der Waals surface area (Å²) in [7, 11) is 0.911. The predicted molar refractivity (Wildman–Crippen MR) is 61.1 cm³/mol. The molecular formula is C12H12F5NO3. The topological polar surface area (TPSA) is 48.4 Å². The van der Waals surface area contributed by atoms with E-state index < -0.39 is 47.7 Å². The van der Waals surface area contributed by atoms with Crippen molar-refractivity contribution in [2.24, 2.45) is 0 Å². The van der Waals surface area contributed by atoms with Gasteiger partial charge in [0, 0.05) is 6.07 Å². The van der Waals surface area contributed by atoms with Crippen LogP contribution in [0.15, 0.2) is 6.07 Å². The van der Waals surface area contributed by atoms with Gasteiger partial charge in [-0.15, -0.1) is 0 Å². The van der Waals surface area contributed by atoms with Crippen LogP contribution < -0.4 is 4.74 Å². The van der Waals surface area contributed by atoms with E-state index in [2.05, 4.69) is 14.5 Å². The lowest BCUT2D eigenvalue weighted by atomic mass is 10.1. The minimum absolute atomic E-state index is 0.0497. The molecule has 0 atom stereocenters. The fourth-order valence-electron chi connectivity index (χ4n) is 1.65. The number of ether oxygens (including phenoxy) is 2. The van der Waals surface area contributed by atoms with Crippen LogP contribution in [0.4, 0.5) is 22.0 Å². The molecule has 0 amide bonds. The number of aromatic nitrogens is 1. The number of pyridine rings is 1. The smallest absolute Gasteiger partial charge is 0.421 e. The number of alkyl halides is 5. The largest absolute Gasteiger partial charge is 0.496 e. The van der Waals surface area contributed by atoms with Crippen molar-refractivity contribution in [3.8, 4) is 5.75 Å². The van der Waals surface area contributed by atoms with Crippen molar-refractivity contribution < 1.29 is 36.2 Å². The molecule has 9 heteroatoms. The molecular weight excluding hydrogens is 301 g/mol. The monoisotopic (exact) mass is 313 g/mol. The standard InChI is InChI=1S/C12H12F5NO3/c1-3-21-9(19)5-6-10(12(15,16)17)8(20-2)4-7(18-6)11(13)14/h4,11H,3,5H2,1-2H3. The highest BCUT2D eigenvalue weighted by atomic mass is 19.4. The van der Waals surface area contributed by atoms with E-state index in [-0.39, 0.29) is 6.61 Å². The SMILES string of the molecule is CCOC(=O)Cc1nc(C(F)F)cc(OC)c1C(F)(F)F. The van der Waals surface area contributed by atoms with E-state index >= 15 is 0 Å². The van der Waals surface area contributed by atoms with E-state index in [1.54, 1.807) is 0 Å². The van der Waals surface area contributed by atoms with E-state index in [1.165, 1.54) is 6.92 Å². The second-order valence-electron chi connectivity index (χ2n) is 3.85. The van der Waals surface area contributed by atoms with Gasteiger partial charge in [0.1, 0.15) is 17.0 Å². The van der Waals surface area contributed by atoms with Gasteiger partial charge in [0.25, 0.3) is 6.43 Å². The highest BCUT2D eigenvalue weighted by Crippen LogP contribution is 2.39. The molecule has 0 bridgehead atoms. The molecule has 0 spiro atoms. The fraction of sp³-hybridized carbons (Fsp3) is 0.500. The van der Waals surface area contributed by atoms with Crippen molar-refractivity contribution in [1.82, 2.24) is 4.98 Å². The van der Waals surface area contributed by atoms with Crippen molar-refractivity contribution in [3.63, 3.8) is 0 Å². The maximum Gasteiger partial charge on any atom is 0.421 e. The number of esters is 1. The van der Waals surface area contributed by atoms with E-state index in [0.29, 0.717) is 6.07 Å². The van der Waals surface area contributed by atoms with Gasteiger partial charge in [-0.05, 0) is 6.92 Å². The maximum absolute atomic E-state index is 13.0. The van der Waals surface area contributed by atoms with Crippen LogP contribution in [0.2, 0.25) is 0 Å². The summed E-state index contributed by atoms with van der Waals surface area (Å²) in [6.07, 6.45) is -8.87. The summed E-state index contributed by atoms with van der Waals surface area (Å²) in [4.78, 5) is 14.5. The Kier molecular flexibility index (Phi) is 5.45. The molecule has 0 aromatic carbocycles. The average Bonchev–Trinajstić information content (AvgIpc) is 2.36. The molecule has 1 heterocycles. The zero-order chi connectivity index (χ0) is 16.2. The van der Waals surface area contributed by atoms with Crippen LogP contribution in [0.5, 0.6) is 5.75 Å². The molecule has 0 radical (unpaired) electrons. The predicted octanol–water partition coefficient (Wildman–Crippen LogP) is 3.15. The third-order valence-electron chi connectivity index (χ3n) is 2.42. The summed E-state index contributed by atoms with van der Waals surface area (Å²) < 4.78 is 73.4. The molecule has 4 nitrogen and oxygen atoms in total. The number of rotatable bonds is 5. The lowest BCUT2D eigenvalue weighted by Gasteiger charge is -2.17. The van der Waals surface area contributed by atoms with E-state index in [0.717, 1.165) is 7.11 Å². The Balaban J connectivity index is 3.40. The Morgan fingerprint density at radius 3 is 2.43 bits per heavy atom. The number of carbonyl (C=O) groups excluding carboxylic acids is 1. The first-order valence-corrected chi connectivity index (χ1v) is 5.79. The van der Waals surface area contributed by atoms with Gasteiger partial charge >= 0.3 is 12.1 Å². The minimum atomic E-state index is -4.90. The Morgan fingerprint density at radius 2 is 2.00 bits per heavy atom. The third kappa shape index (κ3) is 4.27. The molecule has 1 rings (SSSR count).